The van der Waals surface area contributed by atoms with E-state index in [1.54, 1.807) is 4.68 Å². The lowest BCUT2D eigenvalue weighted by molar-refractivity contribution is 0.230. The maximum Gasteiger partial charge on any atom is 0.315 e. The fourth-order valence-electron chi connectivity index (χ4n) is 2.80. The lowest BCUT2D eigenvalue weighted by Crippen LogP contribution is -2.40. The molecule has 0 saturated carbocycles. The van der Waals surface area contributed by atoms with Gasteiger partial charge in [0.05, 0.1) is 17.8 Å². The number of hydrogen-bond donors (Lipinski definition) is 2. The van der Waals surface area contributed by atoms with E-state index >= 15 is 0 Å². The first-order chi connectivity index (χ1) is 10.9. The molecular weight excluding hydrogens is 288 g/mol. The van der Waals surface area contributed by atoms with Gasteiger partial charge in [0.1, 0.15) is 0 Å². The molecule has 0 spiro atoms. The maximum absolute atomic E-state index is 12.4. The lowest BCUT2D eigenvalue weighted by atomic mass is 9.96. The average Bonchev–Trinajstić information content (AvgIpc) is 2.84. The van der Waals surface area contributed by atoms with Crippen LogP contribution in [0.4, 0.5) is 4.79 Å². The summed E-state index contributed by atoms with van der Waals surface area (Å²) in [7, 11) is 1.88. The van der Waals surface area contributed by atoms with Gasteiger partial charge in [-0.05, 0) is 25.3 Å². The van der Waals surface area contributed by atoms with E-state index in [4.69, 9.17) is 0 Å². The van der Waals surface area contributed by atoms with Crippen molar-refractivity contribution >= 4 is 6.03 Å². The van der Waals surface area contributed by atoms with Gasteiger partial charge in [0, 0.05) is 18.8 Å². The molecule has 0 aliphatic rings. The van der Waals surface area contributed by atoms with Crippen LogP contribution in [0.3, 0.4) is 0 Å². The highest BCUT2D eigenvalue weighted by Crippen LogP contribution is 2.21. The summed E-state index contributed by atoms with van der Waals surface area (Å²) in [6.07, 6.45) is 1.94. The Labute approximate surface area is 138 Å². The average molecular weight is 314 g/mol. The molecule has 5 nitrogen and oxygen atoms in total. The summed E-state index contributed by atoms with van der Waals surface area (Å²) < 4.78 is 1.77. The van der Waals surface area contributed by atoms with Crippen LogP contribution >= 0.6 is 0 Å². The number of amides is 2. The van der Waals surface area contributed by atoms with Crippen LogP contribution < -0.4 is 10.6 Å². The van der Waals surface area contributed by atoms with Crippen LogP contribution in [0.25, 0.3) is 0 Å². The zero-order valence-electron chi connectivity index (χ0n) is 14.5. The van der Waals surface area contributed by atoms with Crippen molar-refractivity contribution < 1.29 is 4.79 Å². The topological polar surface area (TPSA) is 59.0 Å². The number of carbonyl (C=O) groups is 1. The Morgan fingerprint density at radius 3 is 2.30 bits per heavy atom. The molecule has 0 fully saturated rings. The van der Waals surface area contributed by atoms with Gasteiger partial charge in [0.2, 0.25) is 0 Å². The minimum Gasteiger partial charge on any atom is -0.332 e. The molecule has 2 unspecified atom stereocenters. The third-order valence-corrected chi connectivity index (χ3v) is 3.98. The fraction of sp³-hybridized carbons (Fsp3) is 0.444. The smallest absolute Gasteiger partial charge is 0.315 e. The Balaban J connectivity index is 2.04. The SMILES string of the molecule is Cc1nn(C)cc1C(C)NC(=O)NC(c1ccccc1)C(C)C. The highest BCUT2D eigenvalue weighted by molar-refractivity contribution is 5.75. The predicted molar refractivity (Wildman–Crippen MR) is 92.0 cm³/mol. The molecule has 2 N–H and O–H groups in total. The van der Waals surface area contributed by atoms with Crippen LogP contribution in [0.2, 0.25) is 0 Å². The van der Waals surface area contributed by atoms with Gasteiger partial charge in [-0.2, -0.15) is 5.10 Å². The number of rotatable bonds is 5. The predicted octanol–water partition coefficient (Wildman–Crippen LogP) is 3.49. The first-order valence-corrected chi connectivity index (χ1v) is 8.00. The van der Waals surface area contributed by atoms with Crippen molar-refractivity contribution in [3.63, 3.8) is 0 Å². The van der Waals surface area contributed by atoms with Crippen molar-refractivity contribution in [3.8, 4) is 0 Å². The largest absolute Gasteiger partial charge is 0.332 e. The van der Waals surface area contributed by atoms with E-state index in [2.05, 4.69) is 29.6 Å². The van der Waals surface area contributed by atoms with Crippen molar-refractivity contribution in [2.75, 3.05) is 0 Å². The Kier molecular flexibility index (Phi) is 5.42. The summed E-state index contributed by atoms with van der Waals surface area (Å²) in [5.41, 5.74) is 3.08. The van der Waals surface area contributed by atoms with Crippen LogP contribution in [0.5, 0.6) is 0 Å². The summed E-state index contributed by atoms with van der Waals surface area (Å²) >= 11 is 0. The van der Waals surface area contributed by atoms with Gasteiger partial charge in [0.25, 0.3) is 0 Å². The number of carbonyl (C=O) groups excluding carboxylic acids is 1. The van der Waals surface area contributed by atoms with Crippen molar-refractivity contribution in [1.29, 1.82) is 0 Å². The molecule has 0 bridgehead atoms. The van der Waals surface area contributed by atoms with Gasteiger partial charge in [-0.1, -0.05) is 44.2 Å². The highest BCUT2D eigenvalue weighted by atomic mass is 16.2. The Bertz CT molecular complexity index is 648. The van der Waals surface area contributed by atoms with Crippen LogP contribution in [0.1, 0.15) is 49.7 Å². The van der Waals surface area contributed by atoms with Gasteiger partial charge in [-0.3, -0.25) is 4.68 Å². The molecular formula is C18H26N4O. The standard InChI is InChI=1S/C18H26N4O/c1-12(2)17(15-9-7-6-8-10-15)20-18(23)19-13(3)16-11-22(5)21-14(16)4/h6-13,17H,1-5H3,(H2,19,20,23). The maximum atomic E-state index is 12.4. The van der Waals surface area contributed by atoms with Gasteiger partial charge in [-0.25, -0.2) is 4.79 Å². The lowest BCUT2D eigenvalue weighted by Gasteiger charge is -2.24. The Hall–Kier alpha value is -2.30. The van der Waals surface area contributed by atoms with Gasteiger partial charge in [0.15, 0.2) is 0 Å². The minimum absolute atomic E-state index is 0.0154. The second kappa shape index (κ2) is 7.31. The van der Waals surface area contributed by atoms with Crippen molar-refractivity contribution in [1.82, 2.24) is 20.4 Å². The number of urea groups is 1. The van der Waals surface area contributed by atoms with E-state index in [1.807, 2.05) is 57.4 Å². The second-order valence-corrected chi connectivity index (χ2v) is 6.32. The second-order valence-electron chi connectivity index (χ2n) is 6.32. The summed E-state index contributed by atoms with van der Waals surface area (Å²) in [5.74, 6) is 0.304. The molecule has 2 aromatic rings. The monoisotopic (exact) mass is 314 g/mol. The molecule has 0 aliphatic carbocycles. The van der Waals surface area contributed by atoms with Crippen molar-refractivity contribution in [2.45, 2.75) is 39.8 Å². The van der Waals surface area contributed by atoms with E-state index in [1.165, 1.54) is 0 Å². The molecule has 0 radical (unpaired) electrons. The van der Waals surface area contributed by atoms with E-state index in [0.29, 0.717) is 5.92 Å². The quantitative estimate of drug-likeness (QED) is 0.887. The molecule has 23 heavy (non-hydrogen) atoms. The Morgan fingerprint density at radius 2 is 1.78 bits per heavy atom. The van der Waals surface area contributed by atoms with Crippen LogP contribution in [-0.2, 0) is 7.05 Å². The summed E-state index contributed by atoms with van der Waals surface area (Å²) in [6, 6.07) is 9.78. The molecule has 124 valence electrons. The van der Waals surface area contributed by atoms with Crippen molar-refractivity contribution in [2.24, 2.45) is 13.0 Å². The molecule has 0 aliphatic heterocycles. The third-order valence-electron chi connectivity index (χ3n) is 3.98. The molecule has 0 saturated heterocycles. The van der Waals surface area contributed by atoms with Gasteiger partial charge < -0.3 is 10.6 Å². The fourth-order valence-corrected chi connectivity index (χ4v) is 2.80. The molecule has 2 atom stereocenters. The summed E-state index contributed by atoms with van der Waals surface area (Å²) in [5, 5.41) is 10.4. The molecule has 2 rings (SSSR count). The normalized spacial score (nSPS) is 13.7. The third kappa shape index (κ3) is 4.34. The molecule has 5 heteroatoms. The number of nitrogens with zero attached hydrogens (tertiary/aromatic N) is 2. The van der Waals surface area contributed by atoms with E-state index in [0.717, 1.165) is 16.8 Å². The van der Waals surface area contributed by atoms with E-state index in [-0.39, 0.29) is 18.1 Å². The first kappa shape index (κ1) is 17.1. The van der Waals surface area contributed by atoms with Crippen LogP contribution in [-0.4, -0.2) is 15.8 Å². The van der Waals surface area contributed by atoms with Gasteiger partial charge >= 0.3 is 6.03 Å². The van der Waals surface area contributed by atoms with E-state index < -0.39 is 0 Å². The summed E-state index contributed by atoms with van der Waals surface area (Å²) in [6.45, 7) is 8.13. The zero-order valence-corrected chi connectivity index (χ0v) is 14.5. The highest BCUT2D eigenvalue weighted by Gasteiger charge is 2.20. The number of hydrogen-bond acceptors (Lipinski definition) is 2. The zero-order chi connectivity index (χ0) is 17.0. The van der Waals surface area contributed by atoms with Crippen LogP contribution in [0, 0.1) is 12.8 Å². The number of aryl methyl sites for hydroxylation is 2. The first-order valence-electron chi connectivity index (χ1n) is 8.00. The molecule has 2 amide bonds. The molecule has 1 heterocycles. The summed E-state index contributed by atoms with van der Waals surface area (Å²) in [4.78, 5) is 12.4. The molecule has 1 aromatic heterocycles. The number of benzene rings is 1. The van der Waals surface area contributed by atoms with Crippen LogP contribution in [0.15, 0.2) is 36.5 Å². The van der Waals surface area contributed by atoms with Gasteiger partial charge in [-0.15, -0.1) is 0 Å². The number of nitrogens with one attached hydrogen (secondary N) is 2. The van der Waals surface area contributed by atoms with Crippen molar-refractivity contribution in [3.05, 3.63) is 53.3 Å². The Morgan fingerprint density at radius 1 is 1.13 bits per heavy atom. The number of aromatic nitrogens is 2. The minimum atomic E-state index is -0.164. The molecule has 1 aromatic carbocycles. The van der Waals surface area contributed by atoms with E-state index in [9.17, 15) is 4.79 Å².